The van der Waals surface area contributed by atoms with Crippen molar-refractivity contribution in [2.75, 3.05) is 18.6 Å². The third-order valence-corrected chi connectivity index (χ3v) is 5.72. The topological polar surface area (TPSA) is 130 Å². The van der Waals surface area contributed by atoms with E-state index >= 15 is 0 Å². The molecule has 0 aliphatic heterocycles. The van der Waals surface area contributed by atoms with Crippen LogP contribution in [0.1, 0.15) is 19.9 Å². The zero-order valence-electron chi connectivity index (χ0n) is 13.2. The van der Waals surface area contributed by atoms with Crippen molar-refractivity contribution >= 4 is 28.7 Å². The molecule has 1 aliphatic rings. The molecule has 0 radical (unpaired) electrons. The highest BCUT2D eigenvalue weighted by Crippen LogP contribution is 2.49. The molecule has 0 saturated heterocycles. The molecule has 0 unspecified atom stereocenters. The number of nitrogens with zero attached hydrogens (tertiary/aromatic N) is 4. The minimum atomic E-state index is -1.04. The molecule has 8 nitrogen and oxygen atoms in total. The summed E-state index contributed by atoms with van der Waals surface area (Å²) < 4.78 is 1.73. The Morgan fingerprint density at radius 3 is 2.65 bits per heavy atom. The Balaban J connectivity index is 2.15. The van der Waals surface area contributed by atoms with Crippen LogP contribution in [0.15, 0.2) is 11.5 Å². The highest BCUT2D eigenvalue weighted by molar-refractivity contribution is 7.98. The van der Waals surface area contributed by atoms with Gasteiger partial charge in [0.05, 0.1) is 25.1 Å². The average Bonchev–Trinajstić information content (AvgIpc) is 3.03. The molecule has 5 atom stereocenters. The summed E-state index contributed by atoms with van der Waals surface area (Å²) in [5, 5.41) is 31.1. The van der Waals surface area contributed by atoms with E-state index in [1.807, 2.05) is 13.2 Å². The summed E-state index contributed by atoms with van der Waals surface area (Å²) in [6.07, 6.45) is 1.33. The maximum absolute atomic E-state index is 10.5. The Bertz CT molecular complexity index is 739. The number of rotatable bonds is 3. The van der Waals surface area contributed by atoms with Crippen LogP contribution >= 0.6 is 11.8 Å². The lowest BCUT2D eigenvalue weighted by Crippen LogP contribution is -2.38. The summed E-state index contributed by atoms with van der Waals surface area (Å²) in [6.45, 7) is 3.44. The summed E-state index contributed by atoms with van der Waals surface area (Å²) in [7, 11) is 0. The molecule has 2 aromatic heterocycles. The predicted octanol–water partition coefficient (Wildman–Crippen LogP) is 0.0416. The number of aromatic nitrogens is 4. The summed E-state index contributed by atoms with van der Waals surface area (Å²) >= 11 is 1.36. The Morgan fingerprint density at radius 2 is 2.09 bits per heavy atom. The molecule has 2 heterocycles. The number of anilines is 1. The lowest BCUT2D eigenvalue weighted by atomic mass is 9.79. The van der Waals surface area contributed by atoms with Crippen LogP contribution in [0.3, 0.4) is 0 Å². The van der Waals surface area contributed by atoms with Crippen molar-refractivity contribution < 1.29 is 15.3 Å². The van der Waals surface area contributed by atoms with E-state index in [2.05, 4.69) is 15.0 Å². The van der Waals surface area contributed by atoms with E-state index in [0.717, 1.165) is 0 Å². The number of aliphatic hydroxyl groups is 3. The minimum absolute atomic E-state index is 0.191. The number of nitrogen functional groups attached to an aromatic ring is 1. The molecular weight excluding hydrogens is 318 g/mol. The van der Waals surface area contributed by atoms with Crippen LogP contribution in [0, 0.1) is 11.3 Å². The number of hydrogen-bond acceptors (Lipinski definition) is 8. The van der Waals surface area contributed by atoms with Gasteiger partial charge in [0.25, 0.3) is 0 Å². The van der Waals surface area contributed by atoms with Gasteiger partial charge >= 0.3 is 0 Å². The van der Waals surface area contributed by atoms with Crippen molar-refractivity contribution in [2.24, 2.45) is 11.3 Å². The molecular formula is C14H21N5O3S. The van der Waals surface area contributed by atoms with Gasteiger partial charge in [-0.1, -0.05) is 25.6 Å². The molecule has 0 aromatic carbocycles. The third kappa shape index (κ3) is 2.22. The number of nitrogens with two attached hydrogens (primary N) is 1. The van der Waals surface area contributed by atoms with Gasteiger partial charge in [0.2, 0.25) is 0 Å². The molecule has 1 aliphatic carbocycles. The van der Waals surface area contributed by atoms with Gasteiger partial charge in [-0.2, -0.15) is 0 Å². The molecule has 0 amide bonds. The maximum Gasteiger partial charge on any atom is 0.191 e. The monoisotopic (exact) mass is 339 g/mol. The van der Waals surface area contributed by atoms with Crippen molar-refractivity contribution in [3.63, 3.8) is 0 Å². The maximum atomic E-state index is 10.5. The molecule has 9 heteroatoms. The standard InChI is InChI=1S/C14H21N5O3S/c1-6-8(9(21)10(22)14(6,2)4-20)19-5-16-7-11(15)17-13(23-3)18-12(7)19/h5-6,8-10,20-22H,4H2,1-3H3,(H2,15,17,18)/t6-,8-,9+,10+,14+/m1/s1. The average molecular weight is 339 g/mol. The predicted molar refractivity (Wildman–Crippen MR) is 86.9 cm³/mol. The second-order valence-corrected chi connectivity index (χ2v) is 7.07. The van der Waals surface area contributed by atoms with Gasteiger partial charge in [0.15, 0.2) is 16.6 Å². The minimum Gasteiger partial charge on any atom is -0.396 e. The van der Waals surface area contributed by atoms with Gasteiger partial charge in [0.1, 0.15) is 11.6 Å². The number of thioether (sulfide) groups is 1. The number of aliphatic hydroxyl groups excluding tert-OH is 3. The lowest BCUT2D eigenvalue weighted by molar-refractivity contribution is -0.0470. The van der Waals surface area contributed by atoms with E-state index in [1.54, 1.807) is 17.8 Å². The molecule has 0 spiro atoms. The van der Waals surface area contributed by atoms with Crippen molar-refractivity contribution in [1.29, 1.82) is 0 Å². The fourth-order valence-corrected chi connectivity index (χ4v) is 3.77. The molecule has 1 saturated carbocycles. The zero-order chi connectivity index (χ0) is 16.9. The largest absolute Gasteiger partial charge is 0.396 e. The van der Waals surface area contributed by atoms with Crippen LogP contribution in [-0.2, 0) is 0 Å². The van der Waals surface area contributed by atoms with Gasteiger partial charge < -0.3 is 25.6 Å². The Hall–Kier alpha value is -1.42. The second-order valence-electron chi connectivity index (χ2n) is 6.30. The highest BCUT2D eigenvalue weighted by Gasteiger charge is 2.55. The Kier molecular flexibility index (Phi) is 3.99. The molecule has 3 rings (SSSR count). The van der Waals surface area contributed by atoms with Crippen LogP contribution in [0.2, 0.25) is 0 Å². The molecule has 1 fully saturated rings. The van der Waals surface area contributed by atoms with E-state index in [4.69, 9.17) is 5.73 Å². The zero-order valence-corrected chi connectivity index (χ0v) is 14.0. The van der Waals surface area contributed by atoms with Crippen LogP contribution in [-0.4, -0.2) is 59.9 Å². The lowest BCUT2D eigenvalue weighted by Gasteiger charge is -2.31. The van der Waals surface area contributed by atoms with E-state index < -0.39 is 23.7 Å². The fourth-order valence-electron chi connectivity index (χ4n) is 3.40. The second kappa shape index (κ2) is 5.59. The molecule has 23 heavy (non-hydrogen) atoms. The van der Waals surface area contributed by atoms with Crippen molar-refractivity contribution in [1.82, 2.24) is 19.5 Å². The van der Waals surface area contributed by atoms with Crippen LogP contribution < -0.4 is 5.73 Å². The number of fused-ring (bicyclic) bond motifs is 1. The van der Waals surface area contributed by atoms with E-state index in [-0.39, 0.29) is 18.3 Å². The first-order valence-electron chi connectivity index (χ1n) is 7.36. The molecule has 0 bridgehead atoms. The van der Waals surface area contributed by atoms with Crippen LogP contribution in [0.4, 0.5) is 5.82 Å². The first-order valence-corrected chi connectivity index (χ1v) is 8.58. The fraction of sp³-hybridized carbons (Fsp3) is 0.643. The Morgan fingerprint density at radius 1 is 1.39 bits per heavy atom. The molecule has 126 valence electrons. The first kappa shape index (κ1) is 16.4. The van der Waals surface area contributed by atoms with Crippen LogP contribution in [0.5, 0.6) is 0 Å². The van der Waals surface area contributed by atoms with Crippen molar-refractivity contribution in [2.45, 2.75) is 37.3 Å². The van der Waals surface area contributed by atoms with Gasteiger partial charge in [-0.3, -0.25) is 0 Å². The number of hydrogen-bond donors (Lipinski definition) is 4. The van der Waals surface area contributed by atoms with Crippen LogP contribution in [0.25, 0.3) is 11.2 Å². The highest BCUT2D eigenvalue weighted by atomic mass is 32.2. The SMILES string of the molecule is CSc1nc(N)c2ncn([C@H]3[C@H](O)[C@H](O)[C@@](C)(CO)[C@@H]3C)c2n1. The van der Waals surface area contributed by atoms with E-state index in [0.29, 0.717) is 16.3 Å². The van der Waals surface area contributed by atoms with E-state index in [9.17, 15) is 15.3 Å². The summed E-state index contributed by atoms with van der Waals surface area (Å²) in [5.74, 6) is 0.0903. The normalized spacial score (nSPS) is 34.3. The van der Waals surface area contributed by atoms with Gasteiger partial charge in [-0.15, -0.1) is 0 Å². The van der Waals surface area contributed by atoms with E-state index in [1.165, 1.54) is 11.8 Å². The number of imidazole rings is 1. The van der Waals surface area contributed by atoms with Gasteiger partial charge in [-0.25, -0.2) is 15.0 Å². The summed E-state index contributed by atoms with van der Waals surface area (Å²) in [5.41, 5.74) is 6.11. The quantitative estimate of drug-likeness (QED) is 0.455. The smallest absolute Gasteiger partial charge is 0.191 e. The van der Waals surface area contributed by atoms with Crippen molar-refractivity contribution in [3.05, 3.63) is 6.33 Å². The first-order chi connectivity index (χ1) is 10.8. The summed E-state index contributed by atoms with van der Waals surface area (Å²) in [6, 6.07) is -0.462. The van der Waals surface area contributed by atoms with Gasteiger partial charge in [-0.05, 0) is 12.2 Å². The third-order valence-electron chi connectivity index (χ3n) is 5.17. The van der Waals surface area contributed by atoms with Gasteiger partial charge in [0, 0.05) is 5.41 Å². The van der Waals surface area contributed by atoms with Crippen molar-refractivity contribution in [3.8, 4) is 0 Å². The Labute approximate surface area is 137 Å². The summed E-state index contributed by atoms with van der Waals surface area (Å²) in [4.78, 5) is 12.9. The molecule has 2 aromatic rings. The molecule has 5 N–H and O–H groups in total.